The Hall–Kier alpha value is -3.40. The van der Waals surface area contributed by atoms with E-state index in [-0.39, 0.29) is 22.2 Å². The molecule has 10 heteroatoms. The van der Waals surface area contributed by atoms with Gasteiger partial charge in [-0.2, -0.15) is 13.2 Å². The molecule has 0 saturated carbocycles. The number of amides is 1. The Bertz CT molecular complexity index is 1250. The molecule has 6 nitrogen and oxygen atoms in total. The molecule has 0 aliphatic carbocycles. The summed E-state index contributed by atoms with van der Waals surface area (Å²) in [6.07, 6.45) is 2.31. The average Bonchev–Trinajstić information content (AvgIpc) is 3.14. The quantitative estimate of drug-likeness (QED) is 0.530. The first-order valence-corrected chi connectivity index (χ1v) is 10.1. The molecule has 0 spiro atoms. The molecular formula is C22H18BrF3N4O2. The summed E-state index contributed by atoms with van der Waals surface area (Å²) in [5.41, 5.74) is 0.551. The second-order valence-electron chi connectivity index (χ2n) is 6.42. The zero-order chi connectivity index (χ0) is 23.3. The summed E-state index contributed by atoms with van der Waals surface area (Å²) in [5, 5.41) is 2.99. The Kier molecular flexibility index (Phi) is 7.14. The smallest absolute Gasteiger partial charge is 0.450 e. The minimum atomic E-state index is -4.69. The largest absolute Gasteiger partial charge is 0.504 e. The highest BCUT2D eigenvalue weighted by Crippen LogP contribution is 2.28. The minimum Gasteiger partial charge on any atom is -0.504 e. The number of hydrogen-bond acceptors (Lipinski definition) is 4. The summed E-state index contributed by atoms with van der Waals surface area (Å²) in [7, 11) is 1.43. The van der Waals surface area contributed by atoms with Gasteiger partial charge in [-0.25, -0.2) is 9.97 Å². The lowest BCUT2D eigenvalue weighted by Crippen LogP contribution is -2.29. The highest BCUT2D eigenvalue weighted by molar-refractivity contribution is 9.10. The van der Waals surface area contributed by atoms with Gasteiger partial charge in [-0.15, -0.1) is 0 Å². The Balaban J connectivity index is 2.01. The lowest BCUT2D eigenvalue weighted by atomic mass is 10.2. The molecule has 0 aliphatic rings. The van der Waals surface area contributed by atoms with Gasteiger partial charge < -0.3 is 10.1 Å². The Morgan fingerprint density at radius 2 is 1.91 bits per heavy atom. The van der Waals surface area contributed by atoms with Gasteiger partial charge in [0.1, 0.15) is 5.82 Å². The zero-order valence-electron chi connectivity index (χ0n) is 17.0. The molecule has 1 aromatic carbocycles. The average molecular weight is 507 g/mol. The molecule has 0 atom stereocenters. The molecule has 0 radical (unpaired) electrons. The molecule has 1 amide bonds. The number of ether oxygens (including phenoxy) is 1. The summed E-state index contributed by atoms with van der Waals surface area (Å²) in [6, 6.07) is 9.57. The van der Waals surface area contributed by atoms with E-state index in [4.69, 9.17) is 4.74 Å². The molecule has 2 heterocycles. The molecule has 0 aliphatic heterocycles. The van der Waals surface area contributed by atoms with Gasteiger partial charge in [0.2, 0.25) is 5.82 Å². The van der Waals surface area contributed by atoms with Gasteiger partial charge in [-0.3, -0.25) is 9.36 Å². The molecule has 166 valence electrons. The lowest BCUT2D eigenvalue weighted by Gasteiger charge is -2.11. The van der Waals surface area contributed by atoms with E-state index in [2.05, 4.69) is 31.2 Å². The number of anilines is 1. The first-order valence-electron chi connectivity index (χ1n) is 9.30. The number of halogens is 4. The summed E-state index contributed by atoms with van der Waals surface area (Å²) >= 11 is 3.30. The number of rotatable bonds is 5. The van der Waals surface area contributed by atoms with Crippen molar-refractivity contribution in [1.82, 2.24) is 14.5 Å². The van der Waals surface area contributed by atoms with Crippen LogP contribution in [-0.2, 0) is 10.9 Å². The van der Waals surface area contributed by atoms with Crippen LogP contribution < -0.4 is 16.0 Å². The van der Waals surface area contributed by atoms with Crippen LogP contribution in [0, 0.1) is 0 Å². The fourth-order valence-electron chi connectivity index (χ4n) is 2.86. The number of hydrogen-bond donors (Lipinski definition) is 1. The van der Waals surface area contributed by atoms with Crippen LogP contribution in [0.2, 0.25) is 0 Å². The third-order valence-electron chi connectivity index (χ3n) is 4.29. The van der Waals surface area contributed by atoms with Gasteiger partial charge in [-0.1, -0.05) is 22.0 Å². The molecule has 32 heavy (non-hydrogen) atoms. The Labute approximate surface area is 189 Å². The first kappa shape index (κ1) is 23.3. The molecule has 0 saturated heterocycles. The number of methoxy groups -OCH3 is 1. The van der Waals surface area contributed by atoms with Crippen LogP contribution in [0.3, 0.4) is 0 Å². The van der Waals surface area contributed by atoms with Gasteiger partial charge in [0.25, 0.3) is 5.91 Å². The number of carbonyl (C=O) groups is 1. The fraction of sp³-hybridized carbons (Fsp3) is 0.136. The second kappa shape index (κ2) is 9.82. The van der Waals surface area contributed by atoms with Gasteiger partial charge in [0.05, 0.1) is 36.0 Å². The second-order valence-corrected chi connectivity index (χ2v) is 7.34. The standard InChI is InChI=1S/C22H18BrF3N4O2/c1-3-17-18(5-4-12-32-2)30(21(28-17)22(24,25)26)16-10-11-19(27-13-16)29-20(31)14-6-8-15(23)9-7-14/h3-13H,1-2H3,(H,27,29,31)/b12-4+,17-3+,18-5+. The lowest BCUT2D eigenvalue weighted by molar-refractivity contribution is -0.146. The van der Waals surface area contributed by atoms with Gasteiger partial charge >= 0.3 is 6.18 Å². The van der Waals surface area contributed by atoms with Gasteiger partial charge in [0, 0.05) is 10.0 Å². The van der Waals surface area contributed by atoms with E-state index in [9.17, 15) is 18.0 Å². The maximum atomic E-state index is 13.7. The van der Waals surface area contributed by atoms with Crippen LogP contribution in [0.5, 0.6) is 0 Å². The van der Waals surface area contributed by atoms with Crippen molar-refractivity contribution in [1.29, 1.82) is 0 Å². The van der Waals surface area contributed by atoms with Crippen LogP contribution in [0.25, 0.3) is 17.8 Å². The van der Waals surface area contributed by atoms with Crippen LogP contribution >= 0.6 is 15.9 Å². The summed E-state index contributed by atoms with van der Waals surface area (Å²) in [4.78, 5) is 20.2. The summed E-state index contributed by atoms with van der Waals surface area (Å²) < 4.78 is 47.7. The van der Waals surface area contributed by atoms with Gasteiger partial charge in [-0.05, 0) is 55.5 Å². The number of pyridine rings is 1. The third kappa shape index (κ3) is 5.25. The van der Waals surface area contributed by atoms with E-state index in [0.29, 0.717) is 5.56 Å². The zero-order valence-corrected chi connectivity index (χ0v) is 18.6. The summed E-state index contributed by atoms with van der Waals surface area (Å²) in [5.74, 6) is -1.28. The van der Waals surface area contributed by atoms with E-state index < -0.39 is 17.9 Å². The van der Waals surface area contributed by atoms with Crippen LogP contribution in [-0.4, -0.2) is 27.6 Å². The minimum absolute atomic E-state index is 0.136. The van der Waals surface area contributed by atoms with Crippen molar-refractivity contribution in [3.8, 4) is 5.69 Å². The topological polar surface area (TPSA) is 69.0 Å². The highest BCUT2D eigenvalue weighted by Gasteiger charge is 2.37. The number of nitrogens with zero attached hydrogens (tertiary/aromatic N) is 3. The van der Waals surface area contributed by atoms with Crippen molar-refractivity contribution in [2.75, 3.05) is 12.4 Å². The summed E-state index contributed by atoms with van der Waals surface area (Å²) in [6.45, 7) is 1.60. The van der Waals surface area contributed by atoms with E-state index in [1.54, 1.807) is 31.2 Å². The number of benzene rings is 1. The monoisotopic (exact) mass is 506 g/mol. The number of allylic oxidation sites excluding steroid dienone is 1. The Morgan fingerprint density at radius 1 is 1.19 bits per heavy atom. The van der Waals surface area contributed by atoms with Crippen LogP contribution in [0.15, 0.2) is 59.4 Å². The van der Waals surface area contributed by atoms with E-state index >= 15 is 0 Å². The molecule has 3 aromatic rings. The predicted molar refractivity (Wildman–Crippen MR) is 118 cm³/mol. The molecule has 0 unspecified atom stereocenters. The van der Waals surface area contributed by atoms with Crippen molar-refractivity contribution in [2.24, 2.45) is 0 Å². The molecule has 2 aromatic heterocycles. The van der Waals surface area contributed by atoms with Crippen molar-refractivity contribution in [2.45, 2.75) is 13.1 Å². The Morgan fingerprint density at radius 3 is 2.47 bits per heavy atom. The van der Waals surface area contributed by atoms with Crippen LogP contribution in [0.1, 0.15) is 23.1 Å². The number of aromatic nitrogens is 3. The predicted octanol–water partition coefficient (Wildman–Crippen LogP) is 4.04. The molecular weight excluding hydrogens is 489 g/mol. The van der Waals surface area contributed by atoms with E-state index in [0.717, 1.165) is 9.04 Å². The van der Waals surface area contributed by atoms with Gasteiger partial charge in [0.15, 0.2) is 0 Å². The van der Waals surface area contributed by atoms with Crippen molar-refractivity contribution >= 4 is 39.8 Å². The molecule has 0 fully saturated rings. The fourth-order valence-corrected chi connectivity index (χ4v) is 3.13. The van der Waals surface area contributed by atoms with Crippen molar-refractivity contribution < 1.29 is 22.7 Å². The third-order valence-corrected chi connectivity index (χ3v) is 4.82. The van der Waals surface area contributed by atoms with Crippen LogP contribution in [0.4, 0.5) is 19.0 Å². The SMILES string of the molecule is C/C=c1/nc(C(F)(F)F)n(-c2ccc(NC(=O)c3ccc(Br)cc3)nc2)/c1=C/C=C/OC. The van der Waals surface area contributed by atoms with Crippen molar-refractivity contribution in [3.63, 3.8) is 0 Å². The molecule has 1 N–H and O–H groups in total. The number of alkyl halides is 3. The molecule has 3 rings (SSSR count). The van der Waals surface area contributed by atoms with E-state index in [1.807, 2.05) is 0 Å². The van der Waals surface area contributed by atoms with E-state index in [1.165, 1.54) is 49.9 Å². The number of imidazole rings is 1. The number of carbonyl (C=O) groups excluding carboxylic acids is 1. The van der Waals surface area contributed by atoms with Crippen molar-refractivity contribution in [3.05, 3.63) is 81.5 Å². The maximum Gasteiger partial charge on any atom is 0.450 e. The maximum absolute atomic E-state index is 13.7. The number of nitrogens with one attached hydrogen (secondary N) is 1. The molecule has 0 bridgehead atoms. The normalized spacial score (nSPS) is 13.1. The first-order chi connectivity index (χ1) is 15.2. The highest BCUT2D eigenvalue weighted by atomic mass is 79.9.